The first-order valence-corrected chi connectivity index (χ1v) is 10.8. The van der Waals surface area contributed by atoms with E-state index in [9.17, 15) is 0 Å². The first-order chi connectivity index (χ1) is 14.6. The number of benzene rings is 1. The Hall–Kier alpha value is -2.64. The highest BCUT2D eigenvalue weighted by atomic mass is 16.5. The maximum absolute atomic E-state index is 6.11. The molecule has 1 saturated heterocycles. The molecule has 0 bridgehead atoms. The van der Waals surface area contributed by atoms with Crippen LogP contribution in [0.4, 0.5) is 5.69 Å². The minimum absolute atomic E-state index is 0.375. The van der Waals surface area contributed by atoms with Crippen LogP contribution in [0.25, 0.3) is 11.0 Å². The molecule has 1 aromatic carbocycles. The quantitative estimate of drug-likeness (QED) is 0.693. The van der Waals surface area contributed by atoms with Crippen molar-refractivity contribution in [2.45, 2.75) is 32.4 Å². The summed E-state index contributed by atoms with van der Waals surface area (Å²) in [5, 5.41) is 12.5. The van der Waals surface area contributed by atoms with Gasteiger partial charge in [0.25, 0.3) is 0 Å². The lowest BCUT2D eigenvalue weighted by Gasteiger charge is -2.35. The third kappa shape index (κ3) is 3.63. The molecular weight excluding hydrogens is 376 g/mol. The third-order valence-electron chi connectivity index (χ3n) is 6.23. The summed E-state index contributed by atoms with van der Waals surface area (Å²) in [6, 6.07) is 9.14. The maximum Gasteiger partial charge on any atom is 0.159 e. The largest absolute Gasteiger partial charge is 0.492 e. The molecule has 2 aromatic heterocycles. The van der Waals surface area contributed by atoms with Crippen LogP contribution in [0, 0.1) is 6.92 Å². The molecule has 2 aliphatic rings. The summed E-state index contributed by atoms with van der Waals surface area (Å²) in [5.41, 5.74) is 5.95. The van der Waals surface area contributed by atoms with E-state index in [4.69, 9.17) is 4.74 Å². The number of piperazine rings is 1. The number of hydrogen-bond acceptors (Lipinski definition) is 6. The lowest BCUT2D eigenvalue weighted by Crippen LogP contribution is -2.50. The Morgan fingerprint density at radius 2 is 2.13 bits per heavy atom. The fraction of sp³-hybridized carbons (Fsp3) is 0.478. The van der Waals surface area contributed by atoms with Gasteiger partial charge in [0.2, 0.25) is 0 Å². The van der Waals surface area contributed by atoms with Gasteiger partial charge in [-0.05, 0) is 42.2 Å². The number of aromatic nitrogens is 3. The molecule has 0 spiro atoms. The van der Waals surface area contributed by atoms with Gasteiger partial charge in [0.05, 0.1) is 23.3 Å². The van der Waals surface area contributed by atoms with Crippen molar-refractivity contribution in [1.82, 2.24) is 25.4 Å². The normalized spacial score (nSPS) is 21.6. The van der Waals surface area contributed by atoms with E-state index in [1.165, 1.54) is 16.8 Å². The lowest BCUT2D eigenvalue weighted by molar-refractivity contribution is 0.246. The fourth-order valence-electron chi connectivity index (χ4n) is 4.66. The van der Waals surface area contributed by atoms with Gasteiger partial charge in [-0.1, -0.05) is 13.0 Å². The number of pyridine rings is 1. The zero-order chi connectivity index (χ0) is 20.7. The van der Waals surface area contributed by atoms with E-state index >= 15 is 0 Å². The number of nitrogens with zero attached hydrogens (tertiary/aromatic N) is 4. The average Bonchev–Trinajstić information content (AvgIpc) is 3.13. The Morgan fingerprint density at radius 3 is 2.97 bits per heavy atom. The van der Waals surface area contributed by atoms with E-state index in [0.717, 1.165) is 55.2 Å². The van der Waals surface area contributed by atoms with Gasteiger partial charge in [0, 0.05) is 45.5 Å². The first kappa shape index (κ1) is 19.3. The van der Waals surface area contributed by atoms with E-state index < -0.39 is 0 Å². The van der Waals surface area contributed by atoms with Gasteiger partial charge in [-0.25, -0.2) is 4.98 Å². The minimum Gasteiger partial charge on any atom is -0.492 e. The van der Waals surface area contributed by atoms with Crippen LogP contribution in [0.15, 0.2) is 30.5 Å². The molecular formula is C23H30N6O. The van der Waals surface area contributed by atoms with Gasteiger partial charge in [0.15, 0.2) is 5.65 Å². The van der Waals surface area contributed by atoms with E-state index in [-0.39, 0.29) is 0 Å². The monoisotopic (exact) mass is 406 g/mol. The third-order valence-corrected chi connectivity index (χ3v) is 6.23. The topological polar surface area (TPSA) is 67.2 Å². The maximum atomic E-state index is 6.11. The van der Waals surface area contributed by atoms with Crippen LogP contribution in [0.5, 0.6) is 5.75 Å². The number of nitrogens with one attached hydrogen (secondary N) is 2. The second-order valence-corrected chi connectivity index (χ2v) is 8.60. The molecule has 2 atom stereocenters. The van der Waals surface area contributed by atoms with E-state index in [0.29, 0.717) is 18.6 Å². The Labute approximate surface area is 177 Å². The highest BCUT2D eigenvalue weighted by Gasteiger charge is 2.25. The lowest BCUT2D eigenvalue weighted by atomic mass is 9.90. The highest BCUT2D eigenvalue weighted by Crippen LogP contribution is 2.36. The van der Waals surface area contributed by atoms with Crippen LogP contribution in [-0.2, 0) is 13.6 Å². The van der Waals surface area contributed by atoms with Crippen LogP contribution in [-0.4, -0.2) is 53.6 Å². The standard InChI is InChI=1S/C23H30N6O/c1-15-12-29(22-8-16(2)27-23-21(22)11-26-28(23)3)13-17-4-5-19(9-20(15)17)30-14-18-10-24-6-7-25-18/h4-5,8-9,11,15,18,24-25H,6-7,10,12-14H2,1-3H3/t15-,18-/m0/s1. The Bertz CT molecular complexity index is 1060. The fourth-order valence-corrected chi connectivity index (χ4v) is 4.66. The van der Waals surface area contributed by atoms with Crippen LogP contribution in [0.3, 0.4) is 0 Å². The summed E-state index contributed by atoms with van der Waals surface area (Å²) in [6.07, 6.45) is 1.93. The van der Waals surface area contributed by atoms with Gasteiger partial charge >= 0.3 is 0 Å². The second kappa shape index (κ2) is 7.89. The van der Waals surface area contributed by atoms with Crippen molar-refractivity contribution in [1.29, 1.82) is 0 Å². The Kier molecular flexibility index (Phi) is 5.08. The van der Waals surface area contributed by atoms with E-state index in [2.05, 4.69) is 63.7 Å². The van der Waals surface area contributed by atoms with Crippen LogP contribution in [0.2, 0.25) is 0 Å². The molecule has 4 heterocycles. The molecule has 0 radical (unpaired) electrons. The van der Waals surface area contributed by atoms with Crippen molar-refractivity contribution in [3.8, 4) is 5.75 Å². The summed E-state index contributed by atoms with van der Waals surface area (Å²) in [6.45, 7) is 9.91. The summed E-state index contributed by atoms with van der Waals surface area (Å²) in [7, 11) is 1.95. The minimum atomic E-state index is 0.375. The number of hydrogen-bond donors (Lipinski definition) is 2. The van der Waals surface area contributed by atoms with Gasteiger partial charge in [-0.2, -0.15) is 5.10 Å². The van der Waals surface area contributed by atoms with Crippen LogP contribution >= 0.6 is 0 Å². The average molecular weight is 407 g/mol. The van der Waals surface area contributed by atoms with Gasteiger partial charge in [0.1, 0.15) is 12.4 Å². The van der Waals surface area contributed by atoms with E-state index in [1.807, 2.05) is 17.9 Å². The van der Waals surface area contributed by atoms with Gasteiger partial charge in [-0.15, -0.1) is 0 Å². The predicted octanol–water partition coefficient (Wildman–Crippen LogP) is 2.34. The molecule has 0 unspecified atom stereocenters. The number of aryl methyl sites for hydroxylation is 2. The van der Waals surface area contributed by atoms with Gasteiger partial charge in [-0.3, -0.25) is 4.68 Å². The number of anilines is 1. The Morgan fingerprint density at radius 1 is 1.23 bits per heavy atom. The first-order valence-electron chi connectivity index (χ1n) is 10.8. The van der Waals surface area contributed by atoms with Crippen LogP contribution in [0.1, 0.15) is 29.7 Å². The summed E-state index contributed by atoms with van der Waals surface area (Å²) in [5.74, 6) is 1.39. The molecule has 7 nitrogen and oxygen atoms in total. The molecule has 2 aliphatic heterocycles. The molecule has 3 aromatic rings. The molecule has 5 rings (SSSR count). The van der Waals surface area contributed by atoms with Crippen molar-refractivity contribution >= 4 is 16.7 Å². The van der Waals surface area contributed by atoms with Crippen molar-refractivity contribution in [2.24, 2.45) is 7.05 Å². The van der Waals surface area contributed by atoms with Crippen molar-refractivity contribution < 1.29 is 4.74 Å². The van der Waals surface area contributed by atoms with Crippen molar-refractivity contribution in [3.05, 3.63) is 47.3 Å². The number of ether oxygens (including phenoxy) is 1. The zero-order valence-corrected chi connectivity index (χ0v) is 18.0. The Balaban J connectivity index is 1.37. The van der Waals surface area contributed by atoms with Crippen LogP contribution < -0.4 is 20.3 Å². The highest BCUT2D eigenvalue weighted by molar-refractivity contribution is 5.89. The smallest absolute Gasteiger partial charge is 0.159 e. The van der Waals surface area contributed by atoms with Crippen molar-refractivity contribution in [2.75, 3.05) is 37.7 Å². The van der Waals surface area contributed by atoms with Crippen molar-refractivity contribution in [3.63, 3.8) is 0 Å². The molecule has 158 valence electrons. The molecule has 30 heavy (non-hydrogen) atoms. The SMILES string of the molecule is Cc1cc(N2Cc3ccc(OC[C@@H]4CNCCN4)cc3[C@@H](C)C2)c2cnn(C)c2n1. The zero-order valence-electron chi connectivity index (χ0n) is 18.0. The molecule has 2 N–H and O–H groups in total. The molecule has 1 fully saturated rings. The number of rotatable bonds is 4. The summed E-state index contributed by atoms with van der Waals surface area (Å²) >= 11 is 0. The molecule has 0 amide bonds. The predicted molar refractivity (Wildman–Crippen MR) is 119 cm³/mol. The molecule has 7 heteroatoms. The summed E-state index contributed by atoms with van der Waals surface area (Å²) < 4.78 is 7.97. The number of fused-ring (bicyclic) bond motifs is 2. The molecule has 0 saturated carbocycles. The van der Waals surface area contributed by atoms with Gasteiger partial charge < -0.3 is 20.3 Å². The van der Waals surface area contributed by atoms with E-state index in [1.54, 1.807) is 0 Å². The summed E-state index contributed by atoms with van der Waals surface area (Å²) in [4.78, 5) is 7.13. The molecule has 0 aliphatic carbocycles. The second-order valence-electron chi connectivity index (χ2n) is 8.60.